The lowest BCUT2D eigenvalue weighted by Gasteiger charge is -2.53. The van der Waals surface area contributed by atoms with Gasteiger partial charge in [-0.25, -0.2) is 0 Å². The molecule has 0 spiro atoms. The summed E-state index contributed by atoms with van der Waals surface area (Å²) in [6.07, 6.45) is 3.84. The van der Waals surface area contributed by atoms with Crippen molar-refractivity contribution in [2.45, 2.75) is 25.0 Å². The molecule has 3 aliphatic heterocycles. The topological polar surface area (TPSA) is 45.2 Å². The summed E-state index contributed by atoms with van der Waals surface area (Å²) in [5.41, 5.74) is 1.36. The van der Waals surface area contributed by atoms with Crippen molar-refractivity contribution >= 4 is 10.9 Å². The monoisotopic (exact) mass is 342 g/mol. The lowest BCUT2D eigenvalue weighted by atomic mass is 9.73. The van der Waals surface area contributed by atoms with Crippen LogP contribution in [0.4, 0.5) is 4.48 Å². The van der Waals surface area contributed by atoms with Crippen LogP contribution in [0.5, 0.6) is 5.75 Å². The van der Waals surface area contributed by atoms with Gasteiger partial charge in [0.2, 0.25) is 0 Å². The molecule has 0 saturated carbocycles. The Morgan fingerprint density at radius 2 is 2.28 bits per heavy atom. The second kappa shape index (κ2) is 6.07. The maximum atomic E-state index is 15.6. The molecule has 0 radical (unpaired) electrons. The average molecular weight is 342 g/mol. The van der Waals surface area contributed by atoms with Gasteiger partial charge in [-0.1, -0.05) is 6.08 Å². The van der Waals surface area contributed by atoms with Gasteiger partial charge in [0.1, 0.15) is 24.9 Å². The molecule has 0 amide bonds. The van der Waals surface area contributed by atoms with Gasteiger partial charge in [-0.05, 0) is 46.3 Å². The summed E-state index contributed by atoms with van der Waals surface area (Å²) in [6.45, 7) is 4.66. The van der Waals surface area contributed by atoms with Crippen LogP contribution in [0, 0.1) is 11.8 Å². The zero-order valence-corrected chi connectivity index (χ0v) is 14.4. The molecule has 0 aliphatic carbocycles. The zero-order chi connectivity index (χ0) is 17.6. The zero-order valence-electron chi connectivity index (χ0n) is 14.4. The number of ether oxygens (including phenoxy) is 1. The highest BCUT2D eigenvalue weighted by Crippen LogP contribution is 2.46. The first kappa shape index (κ1) is 16.5. The third kappa shape index (κ3) is 2.62. The number of methoxy groups -OCH3 is 1. The van der Waals surface area contributed by atoms with Crippen LogP contribution < -0.4 is 9.84 Å². The minimum Gasteiger partial charge on any atom is -0.844 e. The number of rotatable bonds is 4. The van der Waals surface area contributed by atoms with Gasteiger partial charge in [0.25, 0.3) is 0 Å². The third-order valence-corrected chi connectivity index (χ3v) is 6.07. The summed E-state index contributed by atoms with van der Waals surface area (Å²) in [5.74, 6) is 1.23. The van der Waals surface area contributed by atoms with Crippen molar-refractivity contribution < 1.29 is 19.0 Å². The number of benzene rings is 1. The Labute approximate surface area is 147 Å². The fourth-order valence-electron chi connectivity index (χ4n) is 4.64. The smallest absolute Gasteiger partial charge is 0.122 e. The SMILES string of the molecule is C=CC1C[N+]2(F)CCC1CC2C([O-])c1ccnc2ccc(OC)cc12. The van der Waals surface area contributed by atoms with E-state index in [2.05, 4.69) is 11.6 Å². The van der Waals surface area contributed by atoms with Crippen molar-refractivity contribution in [2.75, 3.05) is 20.2 Å². The van der Waals surface area contributed by atoms with E-state index in [1.807, 2.05) is 24.3 Å². The molecule has 1 aromatic carbocycles. The van der Waals surface area contributed by atoms with Gasteiger partial charge in [-0.2, -0.15) is 0 Å². The van der Waals surface area contributed by atoms with E-state index in [0.717, 1.165) is 17.3 Å². The van der Waals surface area contributed by atoms with E-state index in [9.17, 15) is 5.11 Å². The molecule has 4 nitrogen and oxygen atoms in total. The van der Waals surface area contributed by atoms with E-state index in [0.29, 0.717) is 36.7 Å². The van der Waals surface area contributed by atoms with Crippen molar-refractivity contribution in [3.05, 3.63) is 48.7 Å². The molecule has 5 unspecified atom stereocenters. The van der Waals surface area contributed by atoms with E-state index in [4.69, 9.17) is 4.74 Å². The highest BCUT2D eigenvalue weighted by Gasteiger charge is 2.53. The number of pyridine rings is 1. The molecule has 5 heteroatoms. The summed E-state index contributed by atoms with van der Waals surface area (Å²) in [5, 5.41) is 14.1. The van der Waals surface area contributed by atoms with Crippen LogP contribution in [0.25, 0.3) is 10.9 Å². The van der Waals surface area contributed by atoms with Crippen molar-refractivity contribution in [2.24, 2.45) is 11.8 Å². The summed E-state index contributed by atoms with van der Waals surface area (Å²) >= 11 is 0. The van der Waals surface area contributed by atoms with Gasteiger partial charge < -0.3 is 9.84 Å². The Balaban J connectivity index is 1.73. The van der Waals surface area contributed by atoms with Gasteiger partial charge in [0.05, 0.1) is 12.6 Å². The summed E-state index contributed by atoms with van der Waals surface area (Å²) in [7, 11) is 1.59. The number of fused-ring (bicyclic) bond motifs is 4. The Hall–Kier alpha value is -1.98. The van der Waals surface area contributed by atoms with Crippen molar-refractivity contribution in [3.63, 3.8) is 0 Å². The Morgan fingerprint density at radius 3 is 3.00 bits per heavy atom. The predicted octanol–water partition coefficient (Wildman–Crippen LogP) is 2.94. The van der Waals surface area contributed by atoms with Crippen molar-refractivity contribution in [3.8, 4) is 5.75 Å². The number of nitrogens with zero attached hydrogens (tertiary/aromatic N) is 2. The quantitative estimate of drug-likeness (QED) is 0.634. The number of hydrogen-bond acceptors (Lipinski definition) is 3. The molecule has 25 heavy (non-hydrogen) atoms. The van der Waals surface area contributed by atoms with Crippen LogP contribution in [0.1, 0.15) is 24.5 Å². The van der Waals surface area contributed by atoms with Crippen molar-refractivity contribution in [1.82, 2.24) is 4.98 Å². The molecular weight excluding hydrogens is 319 g/mol. The number of piperidine rings is 3. The first-order valence-electron chi connectivity index (χ1n) is 8.83. The standard InChI is InChI=1S/C20H23FN2O2/c1-3-13-12-23(21)9-7-14(13)10-19(23)20(24)16-6-8-22-18-5-4-15(25-2)11-17(16)18/h3-6,8,11,13-14,19-20H,1,7,9-10,12H2,2H3. The summed E-state index contributed by atoms with van der Waals surface area (Å²) in [4.78, 5) is 4.33. The number of hydrogen-bond donors (Lipinski definition) is 0. The largest absolute Gasteiger partial charge is 0.844 e. The average Bonchev–Trinajstić information content (AvgIpc) is 2.66. The maximum absolute atomic E-state index is 15.6. The van der Waals surface area contributed by atoms with E-state index in [-0.39, 0.29) is 5.92 Å². The molecule has 2 bridgehead atoms. The molecule has 5 rings (SSSR count). The Morgan fingerprint density at radius 1 is 1.44 bits per heavy atom. The maximum Gasteiger partial charge on any atom is 0.122 e. The number of aromatic nitrogens is 1. The van der Waals surface area contributed by atoms with Gasteiger partial charge in [0.15, 0.2) is 0 Å². The second-order valence-corrected chi connectivity index (χ2v) is 7.29. The lowest BCUT2D eigenvalue weighted by molar-refractivity contribution is -1.10. The second-order valence-electron chi connectivity index (χ2n) is 7.29. The van der Waals surface area contributed by atoms with Crippen LogP contribution >= 0.6 is 0 Å². The molecular formula is C20H23FN2O2. The minimum absolute atomic E-state index is 0.177. The molecule has 4 heterocycles. The predicted molar refractivity (Wildman–Crippen MR) is 92.3 cm³/mol. The third-order valence-electron chi connectivity index (χ3n) is 6.07. The number of quaternary nitrogens is 1. The Bertz CT molecular complexity index is 811. The first-order chi connectivity index (χ1) is 12.1. The molecule has 3 fully saturated rings. The molecule has 132 valence electrons. The molecule has 3 aliphatic rings. The fourth-order valence-corrected chi connectivity index (χ4v) is 4.64. The molecule has 2 aromatic rings. The van der Waals surface area contributed by atoms with E-state index in [1.54, 1.807) is 19.4 Å². The van der Waals surface area contributed by atoms with Gasteiger partial charge in [-0.3, -0.25) is 4.98 Å². The van der Waals surface area contributed by atoms with E-state index >= 15 is 4.48 Å². The van der Waals surface area contributed by atoms with Crippen LogP contribution in [0.15, 0.2) is 43.1 Å². The highest BCUT2D eigenvalue weighted by atomic mass is 19.2. The van der Waals surface area contributed by atoms with Crippen molar-refractivity contribution in [1.29, 1.82) is 0 Å². The van der Waals surface area contributed by atoms with Gasteiger partial charge >= 0.3 is 0 Å². The van der Waals surface area contributed by atoms with Crippen LogP contribution in [-0.2, 0) is 0 Å². The van der Waals surface area contributed by atoms with E-state index < -0.39 is 16.9 Å². The molecule has 1 aromatic heterocycles. The first-order valence-corrected chi connectivity index (χ1v) is 8.83. The molecule has 0 N–H and O–H groups in total. The summed E-state index contributed by atoms with van der Waals surface area (Å²) in [6, 6.07) is 6.68. The van der Waals surface area contributed by atoms with Gasteiger partial charge in [-0.15, -0.1) is 11.3 Å². The summed E-state index contributed by atoms with van der Waals surface area (Å²) < 4.78 is 20.2. The number of halogens is 1. The Kier molecular flexibility index (Phi) is 4.01. The fraction of sp³-hybridized carbons (Fsp3) is 0.450. The minimum atomic E-state index is -1.11. The van der Waals surface area contributed by atoms with Crippen LogP contribution in [0.3, 0.4) is 0 Å². The van der Waals surface area contributed by atoms with Crippen LogP contribution in [-0.4, -0.2) is 35.9 Å². The van der Waals surface area contributed by atoms with E-state index in [1.165, 1.54) is 0 Å². The lowest BCUT2D eigenvalue weighted by Crippen LogP contribution is -2.65. The molecule has 3 saturated heterocycles. The highest BCUT2D eigenvalue weighted by molar-refractivity contribution is 5.83. The molecule has 5 atom stereocenters. The van der Waals surface area contributed by atoms with Crippen LogP contribution in [0.2, 0.25) is 0 Å². The van der Waals surface area contributed by atoms with Gasteiger partial charge in [0, 0.05) is 30.3 Å². The normalized spacial score (nSPS) is 32.5.